The number of amidine groups is 1. The Labute approximate surface area is 154 Å². The molecule has 1 N–H and O–H groups in total. The van der Waals surface area contributed by atoms with Gasteiger partial charge in [-0.25, -0.2) is 4.99 Å². The summed E-state index contributed by atoms with van der Waals surface area (Å²) < 4.78 is 41.1. The fourth-order valence-corrected chi connectivity index (χ4v) is 3.05. The molecule has 5 heteroatoms. The maximum absolute atomic E-state index is 13.7. The van der Waals surface area contributed by atoms with Crippen LogP contribution in [0.25, 0.3) is 21.5 Å². The minimum Gasteiger partial charge on any atom is -0.336 e. The summed E-state index contributed by atoms with van der Waals surface area (Å²) in [4.78, 5) is 3.94. The summed E-state index contributed by atoms with van der Waals surface area (Å²) in [6, 6.07) is 24.8. The van der Waals surface area contributed by atoms with E-state index >= 15 is 0 Å². The van der Waals surface area contributed by atoms with Crippen molar-refractivity contribution in [3.05, 3.63) is 84.9 Å². The molecule has 4 aromatic rings. The first-order valence-corrected chi connectivity index (χ1v) is 8.41. The topological polar surface area (TPSA) is 24.4 Å². The summed E-state index contributed by atoms with van der Waals surface area (Å²) in [6.07, 6.45) is -4.62. The van der Waals surface area contributed by atoms with Gasteiger partial charge >= 0.3 is 6.18 Å². The molecule has 0 saturated heterocycles. The van der Waals surface area contributed by atoms with Crippen molar-refractivity contribution in [2.24, 2.45) is 4.99 Å². The van der Waals surface area contributed by atoms with Crippen LogP contribution >= 0.6 is 0 Å². The minimum atomic E-state index is -4.62. The van der Waals surface area contributed by atoms with Gasteiger partial charge in [-0.15, -0.1) is 0 Å². The molecular formula is C22H15F3N2. The second-order valence-electron chi connectivity index (χ2n) is 6.11. The van der Waals surface area contributed by atoms with E-state index in [4.69, 9.17) is 0 Å². The van der Waals surface area contributed by atoms with Gasteiger partial charge in [-0.05, 0) is 22.9 Å². The Kier molecular flexibility index (Phi) is 4.28. The normalized spacial score (nSPS) is 12.5. The number of benzene rings is 4. The van der Waals surface area contributed by atoms with E-state index in [9.17, 15) is 13.2 Å². The molecule has 0 aliphatic rings. The molecule has 0 bridgehead atoms. The highest BCUT2D eigenvalue weighted by atomic mass is 19.4. The van der Waals surface area contributed by atoms with Crippen LogP contribution in [0, 0.1) is 0 Å². The van der Waals surface area contributed by atoms with Crippen molar-refractivity contribution in [1.82, 2.24) is 0 Å². The molecule has 0 fully saturated rings. The van der Waals surface area contributed by atoms with E-state index in [2.05, 4.69) is 10.3 Å². The van der Waals surface area contributed by atoms with Gasteiger partial charge in [0.05, 0.1) is 5.69 Å². The number of nitrogens with zero attached hydrogens (tertiary/aromatic N) is 1. The van der Waals surface area contributed by atoms with Gasteiger partial charge in [-0.3, -0.25) is 0 Å². The molecule has 0 amide bonds. The zero-order valence-electron chi connectivity index (χ0n) is 14.2. The van der Waals surface area contributed by atoms with E-state index in [-0.39, 0.29) is 5.69 Å². The smallest absolute Gasteiger partial charge is 0.336 e. The molecule has 134 valence electrons. The van der Waals surface area contributed by atoms with E-state index in [0.717, 1.165) is 10.8 Å². The van der Waals surface area contributed by atoms with Crippen molar-refractivity contribution in [3.8, 4) is 0 Å². The van der Waals surface area contributed by atoms with E-state index in [1.807, 2.05) is 36.4 Å². The monoisotopic (exact) mass is 364 g/mol. The zero-order chi connectivity index (χ0) is 18.9. The van der Waals surface area contributed by atoms with E-state index < -0.39 is 12.0 Å². The van der Waals surface area contributed by atoms with Gasteiger partial charge in [0.25, 0.3) is 0 Å². The molecule has 4 aromatic carbocycles. The lowest BCUT2D eigenvalue weighted by Crippen LogP contribution is -2.30. The van der Waals surface area contributed by atoms with Gasteiger partial charge in [0.2, 0.25) is 5.84 Å². The lowest BCUT2D eigenvalue weighted by Gasteiger charge is -2.15. The fourth-order valence-electron chi connectivity index (χ4n) is 3.05. The molecular weight excluding hydrogens is 349 g/mol. The maximum Gasteiger partial charge on any atom is 0.449 e. The fraction of sp³-hybridized carbons (Fsp3) is 0.0455. The number of hydrogen-bond donors (Lipinski definition) is 1. The number of rotatable bonds is 2. The first-order chi connectivity index (χ1) is 13.0. The lowest BCUT2D eigenvalue weighted by atomic mass is 10.1. The van der Waals surface area contributed by atoms with Crippen LogP contribution in [0.5, 0.6) is 0 Å². The van der Waals surface area contributed by atoms with Crippen molar-refractivity contribution >= 4 is 38.8 Å². The molecule has 0 aliphatic carbocycles. The average molecular weight is 364 g/mol. The van der Waals surface area contributed by atoms with Gasteiger partial charge in [0.15, 0.2) is 0 Å². The Balaban J connectivity index is 1.83. The first kappa shape index (κ1) is 17.1. The summed E-state index contributed by atoms with van der Waals surface area (Å²) in [5, 5.41) is 5.57. The van der Waals surface area contributed by atoms with Crippen LogP contribution in [0.4, 0.5) is 24.5 Å². The molecule has 0 aliphatic heterocycles. The van der Waals surface area contributed by atoms with Crippen molar-refractivity contribution in [3.63, 3.8) is 0 Å². The number of aliphatic imine (C=N–C) groups is 1. The molecule has 4 rings (SSSR count). The Hall–Kier alpha value is -3.34. The Bertz CT molecular complexity index is 1140. The van der Waals surface area contributed by atoms with Crippen LogP contribution in [0.15, 0.2) is 89.9 Å². The van der Waals surface area contributed by atoms with Gasteiger partial charge in [0, 0.05) is 16.5 Å². The Morgan fingerprint density at radius 3 is 1.93 bits per heavy atom. The second-order valence-corrected chi connectivity index (χ2v) is 6.11. The molecule has 0 heterocycles. The lowest BCUT2D eigenvalue weighted by molar-refractivity contribution is -0.0586. The number of fused-ring (bicyclic) bond motifs is 2. The highest BCUT2D eigenvalue weighted by molar-refractivity contribution is 6.08. The molecule has 2 nitrogen and oxygen atoms in total. The van der Waals surface area contributed by atoms with Crippen molar-refractivity contribution in [2.45, 2.75) is 6.18 Å². The third-order valence-electron chi connectivity index (χ3n) is 4.31. The highest BCUT2D eigenvalue weighted by Crippen LogP contribution is 2.30. The Morgan fingerprint density at radius 2 is 1.22 bits per heavy atom. The second kappa shape index (κ2) is 6.76. The van der Waals surface area contributed by atoms with Gasteiger partial charge < -0.3 is 5.32 Å². The van der Waals surface area contributed by atoms with Crippen molar-refractivity contribution in [1.29, 1.82) is 0 Å². The average Bonchev–Trinajstić information content (AvgIpc) is 2.67. The van der Waals surface area contributed by atoms with E-state index in [0.29, 0.717) is 16.5 Å². The van der Waals surface area contributed by atoms with E-state index in [1.165, 1.54) is 0 Å². The van der Waals surface area contributed by atoms with Gasteiger partial charge in [-0.1, -0.05) is 72.8 Å². The summed E-state index contributed by atoms with van der Waals surface area (Å²) in [7, 11) is 0. The number of halogens is 3. The molecule has 0 radical (unpaired) electrons. The quantitative estimate of drug-likeness (QED) is 0.311. The van der Waals surface area contributed by atoms with Gasteiger partial charge in [-0.2, -0.15) is 13.2 Å². The van der Waals surface area contributed by atoms with Gasteiger partial charge in [0.1, 0.15) is 0 Å². The predicted octanol–water partition coefficient (Wildman–Crippen LogP) is 6.70. The maximum atomic E-state index is 13.7. The molecule has 0 aromatic heterocycles. The Morgan fingerprint density at radius 1 is 0.667 bits per heavy atom. The minimum absolute atomic E-state index is 0.271. The summed E-state index contributed by atoms with van der Waals surface area (Å²) in [6.45, 7) is 0. The van der Waals surface area contributed by atoms with Crippen molar-refractivity contribution < 1.29 is 13.2 Å². The SMILES string of the molecule is FC(F)(F)C(=Nc1cccc2ccccc12)Nc1cccc2ccccc12. The summed E-state index contributed by atoms with van der Waals surface area (Å²) in [5.74, 6) is -1.05. The largest absolute Gasteiger partial charge is 0.449 e. The third-order valence-corrected chi connectivity index (χ3v) is 4.31. The highest BCUT2D eigenvalue weighted by Gasteiger charge is 2.36. The van der Waals surface area contributed by atoms with Crippen LogP contribution in [0.3, 0.4) is 0 Å². The number of anilines is 1. The molecule has 27 heavy (non-hydrogen) atoms. The zero-order valence-corrected chi connectivity index (χ0v) is 14.2. The van der Waals surface area contributed by atoms with Crippen LogP contribution in [0.2, 0.25) is 0 Å². The summed E-state index contributed by atoms with van der Waals surface area (Å²) >= 11 is 0. The van der Waals surface area contributed by atoms with Crippen LogP contribution < -0.4 is 5.32 Å². The van der Waals surface area contributed by atoms with Crippen LogP contribution in [0.1, 0.15) is 0 Å². The molecule has 0 unspecified atom stereocenters. The molecule has 0 atom stereocenters. The van der Waals surface area contributed by atoms with Crippen LogP contribution in [-0.2, 0) is 0 Å². The third kappa shape index (κ3) is 3.49. The first-order valence-electron chi connectivity index (χ1n) is 8.41. The standard InChI is InChI=1S/C22H15F3N2/c23-22(24,25)21(26-19-13-5-9-15-7-1-3-11-17(15)19)27-20-14-6-10-16-8-2-4-12-18(16)20/h1-14H,(H,26,27). The number of nitrogens with one attached hydrogen (secondary N) is 1. The molecule has 0 saturated carbocycles. The van der Waals surface area contributed by atoms with E-state index in [1.54, 1.807) is 48.5 Å². The summed E-state index contributed by atoms with van der Waals surface area (Å²) in [5.41, 5.74) is 0.637. The van der Waals surface area contributed by atoms with Crippen LogP contribution in [-0.4, -0.2) is 12.0 Å². The van der Waals surface area contributed by atoms with Crippen molar-refractivity contribution in [2.75, 3.05) is 5.32 Å². The number of alkyl halides is 3. The predicted molar refractivity (Wildman–Crippen MR) is 105 cm³/mol. The molecule has 0 spiro atoms. The number of hydrogen-bond acceptors (Lipinski definition) is 1.